The van der Waals surface area contributed by atoms with Crippen molar-refractivity contribution in [3.8, 4) is 0 Å². The molecular weight excluding hydrogens is 792 g/mol. The van der Waals surface area contributed by atoms with Gasteiger partial charge in [-0.15, -0.1) is 0 Å². The van der Waals surface area contributed by atoms with Gasteiger partial charge < -0.3 is 73.3 Å². The molecule has 18 nitrogen and oxygen atoms in total. The topological polar surface area (TPSA) is 264 Å². The highest BCUT2D eigenvalue weighted by Gasteiger charge is 2.75. The molecule has 2 aliphatic heterocycles. The number of ether oxygens (including phenoxy) is 8. The molecule has 2 fully saturated rings. The number of Topliss-reactive ketones (excluding diaryl/α,β-unsaturated/α-hetero) is 2. The Labute approximate surface area is 354 Å². The molecule has 18 heteroatoms. The molecule has 0 saturated carbocycles. The Morgan fingerprint density at radius 3 is 1.28 bits per heavy atom. The molecule has 0 aromatic rings. The van der Waals surface area contributed by atoms with Crippen molar-refractivity contribution in [2.24, 2.45) is 0 Å². The first kappa shape index (κ1) is 54.3. The molecule has 0 amide bonds. The van der Waals surface area contributed by atoms with Gasteiger partial charge in [-0.25, -0.2) is 0 Å². The van der Waals surface area contributed by atoms with Gasteiger partial charge in [0.25, 0.3) is 0 Å². The molecule has 350 valence electrons. The smallest absolute Gasteiger partial charge is 0.226 e. The Bertz CT molecular complexity index is 1610. The summed E-state index contributed by atoms with van der Waals surface area (Å²) in [5.41, 5.74) is -24.2. The first-order valence-corrected chi connectivity index (χ1v) is 20.0. The lowest BCUT2D eigenvalue weighted by molar-refractivity contribution is -0.416. The summed E-state index contributed by atoms with van der Waals surface area (Å²) in [4.78, 5) is 50.7. The van der Waals surface area contributed by atoms with Gasteiger partial charge in [0.2, 0.25) is 11.6 Å². The minimum atomic E-state index is -2.38. The van der Waals surface area contributed by atoms with Crippen LogP contribution in [0, 0.1) is 0 Å². The largest absolute Gasteiger partial charge is 0.384 e. The van der Waals surface area contributed by atoms with E-state index in [1.54, 1.807) is 6.92 Å². The van der Waals surface area contributed by atoms with E-state index in [1.165, 1.54) is 111 Å². The lowest BCUT2D eigenvalue weighted by atomic mass is 9.58. The molecule has 2 aliphatic rings. The summed E-state index contributed by atoms with van der Waals surface area (Å²) >= 11 is 0. The second kappa shape index (κ2) is 16.6. The van der Waals surface area contributed by atoms with Gasteiger partial charge in [0.15, 0.2) is 29.7 Å². The van der Waals surface area contributed by atoms with Crippen LogP contribution in [0.3, 0.4) is 0 Å². The van der Waals surface area contributed by atoms with Crippen LogP contribution in [-0.4, -0.2) is 174 Å². The number of ketones is 2. The number of hydrogen-bond donors (Lipinski definition) is 6. The summed E-state index contributed by atoms with van der Waals surface area (Å²) in [5, 5.41) is 70.8. The maximum atomic E-state index is 13.3. The molecule has 6 N–H and O–H groups in total. The van der Waals surface area contributed by atoms with E-state index in [0.29, 0.717) is 12.6 Å². The Morgan fingerprint density at radius 2 is 0.950 bits per heavy atom. The van der Waals surface area contributed by atoms with Crippen LogP contribution in [0.5, 0.6) is 0 Å². The highest BCUT2D eigenvalue weighted by Crippen LogP contribution is 2.55. The molecule has 0 radical (unpaired) electrons. The normalized spacial score (nSPS) is 43.8. The third-order valence-corrected chi connectivity index (χ3v) is 14.6. The standard InChI is InChI=1S/C42H74O18/c1-19-29(4,20-43)57-35(10,21-44)55-25-33(8)39(14,49)42(17,52)38(13,48)32(7,60-33)24-54-22-30(5,27(2)45)58-36(11,28(3)46)56-26-34(9)40(15,50)41(16,51)37(12,47)31(6,59-34)23-53-18/h20-21,47-52H,19,22-26H2,1-18H3. The lowest BCUT2D eigenvalue weighted by Crippen LogP contribution is -2.85. The molecular formula is C42H74O18. The van der Waals surface area contributed by atoms with E-state index in [-0.39, 0.29) is 13.0 Å². The van der Waals surface area contributed by atoms with Gasteiger partial charge in [0.1, 0.15) is 61.6 Å². The van der Waals surface area contributed by atoms with Gasteiger partial charge in [-0.3, -0.25) is 14.4 Å². The average molecular weight is 867 g/mol. The van der Waals surface area contributed by atoms with Crippen molar-refractivity contribution in [2.75, 3.05) is 40.1 Å². The van der Waals surface area contributed by atoms with Crippen molar-refractivity contribution >= 4 is 24.1 Å². The first-order chi connectivity index (χ1) is 26.6. The SMILES string of the molecule is CCC(C)(C=O)OC(C)(C=O)OCC1(C)OC(C)(COCC(C)(OC(C)(OCC2(C)OC(C)(COC)C(C)(O)C(C)(O)C2(C)O)C(C)=O)C(C)=O)C(C)(O)C(C)(O)C1(C)O. The van der Waals surface area contributed by atoms with Gasteiger partial charge in [-0.05, 0) is 110 Å². The van der Waals surface area contributed by atoms with Crippen LogP contribution in [0.15, 0.2) is 0 Å². The Morgan fingerprint density at radius 1 is 0.567 bits per heavy atom. The number of aldehydes is 2. The number of rotatable bonds is 21. The van der Waals surface area contributed by atoms with Crippen LogP contribution in [0.4, 0.5) is 0 Å². The zero-order valence-corrected chi connectivity index (χ0v) is 39.0. The fraction of sp³-hybridized carbons (Fsp3) is 0.905. The second-order valence-corrected chi connectivity index (χ2v) is 19.5. The molecule has 0 aromatic heterocycles. The molecule has 14 atom stereocenters. The minimum Gasteiger partial charge on any atom is -0.384 e. The van der Waals surface area contributed by atoms with Gasteiger partial charge in [-0.2, -0.15) is 0 Å². The van der Waals surface area contributed by atoms with E-state index >= 15 is 0 Å². The summed E-state index contributed by atoms with van der Waals surface area (Å²) in [7, 11) is 1.37. The van der Waals surface area contributed by atoms with E-state index in [9.17, 15) is 49.8 Å². The zero-order chi connectivity index (χ0) is 47.5. The monoisotopic (exact) mass is 866 g/mol. The maximum absolute atomic E-state index is 13.3. The summed E-state index contributed by atoms with van der Waals surface area (Å²) in [6.45, 7) is 19.8. The van der Waals surface area contributed by atoms with Crippen molar-refractivity contribution in [1.29, 1.82) is 0 Å². The number of carbonyl (C=O) groups excluding carboxylic acids is 4. The van der Waals surface area contributed by atoms with E-state index in [0.717, 1.165) is 6.92 Å². The third kappa shape index (κ3) is 8.56. The van der Waals surface area contributed by atoms with Crippen LogP contribution in [0.1, 0.15) is 124 Å². The molecule has 0 aromatic carbocycles. The van der Waals surface area contributed by atoms with E-state index in [1.807, 2.05) is 0 Å². The van der Waals surface area contributed by atoms with E-state index in [4.69, 9.17) is 37.9 Å². The molecule has 0 bridgehead atoms. The fourth-order valence-corrected chi connectivity index (χ4v) is 7.92. The third-order valence-electron chi connectivity index (χ3n) is 14.6. The average Bonchev–Trinajstić information content (AvgIpc) is 3.11. The number of aliphatic hydroxyl groups is 6. The number of methoxy groups -OCH3 is 1. The van der Waals surface area contributed by atoms with Gasteiger partial charge in [0, 0.05) is 14.0 Å². The van der Waals surface area contributed by atoms with Crippen LogP contribution in [0.2, 0.25) is 0 Å². The minimum absolute atomic E-state index is 0.194. The molecule has 2 saturated heterocycles. The van der Waals surface area contributed by atoms with Crippen molar-refractivity contribution in [3.05, 3.63) is 0 Å². The molecule has 2 rings (SSSR count). The summed E-state index contributed by atoms with van der Waals surface area (Å²) in [6, 6.07) is 0. The fourth-order valence-electron chi connectivity index (χ4n) is 7.92. The zero-order valence-electron chi connectivity index (χ0n) is 39.0. The molecule has 0 aliphatic carbocycles. The summed E-state index contributed by atoms with van der Waals surface area (Å²) in [5.74, 6) is -5.59. The van der Waals surface area contributed by atoms with Crippen LogP contribution < -0.4 is 0 Å². The highest BCUT2D eigenvalue weighted by atomic mass is 16.7. The van der Waals surface area contributed by atoms with Gasteiger partial charge in [-0.1, -0.05) is 6.92 Å². The summed E-state index contributed by atoms with van der Waals surface area (Å²) < 4.78 is 48.0. The van der Waals surface area contributed by atoms with Crippen LogP contribution in [-0.2, 0) is 57.1 Å². The van der Waals surface area contributed by atoms with Crippen LogP contribution in [0.25, 0.3) is 0 Å². The highest BCUT2D eigenvalue weighted by molar-refractivity contribution is 5.87. The quantitative estimate of drug-likeness (QED) is 0.0701. The predicted molar refractivity (Wildman–Crippen MR) is 214 cm³/mol. The van der Waals surface area contributed by atoms with Crippen LogP contribution >= 0.6 is 0 Å². The first-order valence-electron chi connectivity index (χ1n) is 20.0. The van der Waals surface area contributed by atoms with Gasteiger partial charge >= 0.3 is 0 Å². The molecule has 14 unspecified atom stereocenters. The predicted octanol–water partition coefficient (Wildman–Crippen LogP) is 1.25. The summed E-state index contributed by atoms with van der Waals surface area (Å²) in [6.07, 6.45) is 1.06. The molecule has 0 spiro atoms. The van der Waals surface area contributed by atoms with Crippen molar-refractivity contribution < 1.29 is 87.7 Å². The lowest BCUT2D eigenvalue weighted by Gasteiger charge is -2.66. The van der Waals surface area contributed by atoms with E-state index < -0.39 is 117 Å². The number of carbonyl (C=O) groups is 4. The van der Waals surface area contributed by atoms with Crippen molar-refractivity contribution in [1.82, 2.24) is 0 Å². The Kier molecular flexibility index (Phi) is 15.0. The molecule has 2 heterocycles. The molecule has 60 heavy (non-hydrogen) atoms. The Balaban J connectivity index is 2.48. The van der Waals surface area contributed by atoms with Crippen molar-refractivity contribution in [2.45, 2.75) is 203 Å². The van der Waals surface area contributed by atoms with Crippen molar-refractivity contribution in [3.63, 3.8) is 0 Å². The maximum Gasteiger partial charge on any atom is 0.226 e. The second-order valence-electron chi connectivity index (χ2n) is 19.5. The Hall–Kier alpha value is -1.88. The number of hydrogen-bond acceptors (Lipinski definition) is 18. The van der Waals surface area contributed by atoms with E-state index in [2.05, 4.69) is 0 Å². The van der Waals surface area contributed by atoms with Gasteiger partial charge in [0.05, 0.1) is 33.0 Å².